The van der Waals surface area contributed by atoms with E-state index in [1.165, 1.54) is 6.07 Å². The number of amides is 1. The van der Waals surface area contributed by atoms with Crippen LogP contribution in [0.25, 0.3) is 0 Å². The molecular weight excluding hydrogens is 585 g/mol. The Morgan fingerprint density at radius 3 is 2.43 bits per heavy atom. The summed E-state index contributed by atoms with van der Waals surface area (Å²) >= 11 is 0. The highest BCUT2D eigenvalue weighted by Crippen LogP contribution is 2.37. The average Bonchev–Trinajstić information content (AvgIpc) is 3.54. The van der Waals surface area contributed by atoms with Crippen LogP contribution in [-0.2, 0) is 16.0 Å². The number of carbonyl (C=O) groups excluding carboxylic acids is 1. The Labute approximate surface area is 273 Å². The molecule has 0 aromatic heterocycles. The standard InChI is InChI=1S/C37H50FN3O5/c1-43-30-17-18-33(38)26(24-30)10-9-11-28-15-16-29(46-28)20-22-39-21-7-4-8-23-41-37(42)32-13-6-5-12-31(32)36(40-41)27-14-19-34(44-2)35(25-27)45-3/h5-6,14,17-19,24-25,28-29,31-32,39H,4,7-13,15-16,20-23H2,1-3H3/t28?,29?,31-,32+/m0/s1. The first-order valence-electron chi connectivity index (χ1n) is 17.0. The zero-order chi connectivity index (χ0) is 32.3. The molecule has 0 spiro atoms. The number of nitrogens with zero attached hydrogens (tertiary/aromatic N) is 2. The number of nitrogens with one attached hydrogen (secondary N) is 1. The van der Waals surface area contributed by atoms with Crippen molar-refractivity contribution in [3.05, 3.63) is 65.5 Å². The van der Waals surface area contributed by atoms with E-state index in [-0.39, 0.29) is 29.7 Å². The molecule has 2 aromatic rings. The first kappa shape index (κ1) is 33.9. The third-order valence-corrected chi connectivity index (χ3v) is 9.55. The van der Waals surface area contributed by atoms with Crippen LogP contribution in [0, 0.1) is 17.7 Å². The summed E-state index contributed by atoms with van der Waals surface area (Å²) < 4.78 is 36.6. The first-order valence-corrected chi connectivity index (χ1v) is 17.0. The van der Waals surface area contributed by atoms with Crippen LogP contribution in [-0.4, -0.2) is 69.8 Å². The lowest BCUT2D eigenvalue weighted by atomic mass is 9.76. The maximum atomic E-state index is 14.1. The zero-order valence-electron chi connectivity index (χ0n) is 27.6. The number of fused-ring (bicyclic) bond motifs is 1. The summed E-state index contributed by atoms with van der Waals surface area (Å²) in [4.78, 5) is 13.4. The lowest BCUT2D eigenvalue weighted by Crippen LogP contribution is -2.45. The van der Waals surface area contributed by atoms with Gasteiger partial charge in [0, 0.05) is 18.0 Å². The molecule has 2 aliphatic heterocycles. The second-order valence-electron chi connectivity index (χ2n) is 12.6. The van der Waals surface area contributed by atoms with Gasteiger partial charge in [0.1, 0.15) is 11.6 Å². The first-order chi connectivity index (χ1) is 22.5. The number of benzene rings is 2. The Morgan fingerprint density at radius 1 is 0.870 bits per heavy atom. The molecule has 46 heavy (non-hydrogen) atoms. The molecule has 3 aliphatic rings. The van der Waals surface area contributed by atoms with E-state index >= 15 is 0 Å². The van der Waals surface area contributed by atoms with Gasteiger partial charge in [-0.25, -0.2) is 9.40 Å². The van der Waals surface area contributed by atoms with Crippen LogP contribution in [0.5, 0.6) is 17.2 Å². The van der Waals surface area contributed by atoms with Crippen molar-refractivity contribution in [3.8, 4) is 17.2 Å². The number of hydrogen-bond acceptors (Lipinski definition) is 7. The van der Waals surface area contributed by atoms with Gasteiger partial charge in [0.2, 0.25) is 5.91 Å². The van der Waals surface area contributed by atoms with Crippen molar-refractivity contribution in [1.29, 1.82) is 0 Å². The summed E-state index contributed by atoms with van der Waals surface area (Å²) in [7, 11) is 4.87. The summed E-state index contributed by atoms with van der Waals surface area (Å²) in [6, 6.07) is 10.8. The van der Waals surface area contributed by atoms with Gasteiger partial charge in [-0.2, -0.15) is 5.10 Å². The van der Waals surface area contributed by atoms with Crippen molar-refractivity contribution in [2.75, 3.05) is 41.0 Å². The molecule has 1 aliphatic carbocycles. The minimum Gasteiger partial charge on any atom is -0.497 e. The molecule has 5 rings (SSSR count). The molecule has 1 saturated heterocycles. The van der Waals surface area contributed by atoms with Crippen molar-refractivity contribution < 1.29 is 28.1 Å². The predicted octanol–water partition coefficient (Wildman–Crippen LogP) is 6.70. The van der Waals surface area contributed by atoms with E-state index in [1.54, 1.807) is 38.5 Å². The largest absolute Gasteiger partial charge is 0.497 e. The number of aryl methyl sites for hydroxylation is 1. The molecule has 1 N–H and O–H groups in total. The van der Waals surface area contributed by atoms with Gasteiger partial charge in [-0.05, 0) is 119 Å². The van der Waals surface area contributed by atoms with E-state index in [4.69, 9.17) is 24.0 Å². The van der Waals surface area contributed by atoms with Gasteiger partial charge in [0.05, 0.1) is 45.2 Å². The van der Waals surface area contributed by atoms with Crippen molar-refractivity contribution in [2.45, 2.75) is 82.8 Å². The zero-order valence-corrected chi connectivity index (χ0v) is 27.6. The second kappa shape index (κ2) is 16.9. The van der Waals surface area contributed by atoms with Crippen molar-refractivity contribution >= 4 is 11.6 Å². The minimum absolute atomic E-state index is 0.0689. The van der Waals surface area contributed by atoms with E-state index in [9.17, 15) is 9.18 Å². The summed E-state index contributed by atoms with van der Waals surface area (Å²) in [5.74, 6) is 2.03. The third-order valence-electron chi connectivity index (χ3n) is 9.55. The monoisotopic (exact) mass is 635 g/mol. The van der Waals surface area contributed by atoms with Crippen LogP contribution in [0.2, 0.25) is 0 Å². The third kappa shape index (κ3) is 8.68. The van der Waals surface area contributed by atoms with Gasteiger partial charge < -0.3 is 24.3 Å². The highest BCUT2D eigenvalue weighted by atomic mass is 19.1. The van der Waals surface area contributed by atoms with Gasteiger partial charge in [-0.3, -0.25) is 4.79 Å². The highest BCUT2D eigenvalue weighted by Gasteiger charge is 2.40. The van der Waals surface area contributed by atoms with Gasteiger partial charge in [0.25, 0.3) is 0 Å². The molecule has 0 saturated carbocycles. The molecule has 2 aromatic carbocycles. The lowest BCUT2D eigenvalue weighted by molar-refractivity contribution is -0.137. The minimum atomic E-state index is -0.166. The number of halogens is 1. The van der Waals surface area contributed by atoms with E-state index in [1.807, 2.05) is 18.2 Å². The van der Waals surface area contributed by atoms with Crippen LogP contribution in [0.1, 0.15) is 75.3 Å². The molecule has 2 unspecified atom stereocenters. The number of methoxy groups -OCH3 is 3. The molecule has 0 bridgehead atoms. The number of rotatable bonds is 17. The number of allylic oxidation sites excluding steroid dienone is 2. The van der Waals surface area contributed by atoms with Crippen LogP contribution in [0.15, 0.2) is 53.7 Å². The number of ether oxygens (including phenoxy) is 4. The average molecular weight is 636 g/mol. The molecule has 1 amide bonds. The van der Waals surface area contributed by atoms with Crippen molar-refractivity contribution in [2.24, 2.45) is 16.9 Å². The Balaban J connectivity index is 0.989. The Bertz CT molecular complexity index is 1360. The molecule has 9 heteroatoms. The molecule has 250 valence electrons. The number of carbonyl (C=O) groups is 1. The number of hydrazone groups is 1. The van der Waals surface area contributed by atoms with Gasteiger partial charge in [-0.1, -0.05) is 18.6 Å². The van der Waals surface area contributed by atoms with Crippen LogP contribution >= 0.6 is 0 Å². The summed E-state index contributed by atoms with van der Waals surface area (Å²) in [5.41, 5.74) is 2.65. The summed E-state index contributed by atoms with van der Waals surface area (Å²) in [5, 5.41) is 10.2. The number of unbranched alkanes of at least 4 members (excludes halogenated alkanes) is 2. The second-order valence-corrected chi connectivity index (χ2v) is 12.6. The molecule has 2 heterocycles. The van der Waals surface area contributed by atoms with E-state index in [0.717, 1.165) is 88.6 Å². The Kier molecular flexibility index (Phi) is 12.5. The van der Waals surface area contributed by atoms with Gasteiger partial charge >= 0.3 is 0 Å². The molecule has 4 atom stereocenters. The van der Waals surface area contributed by atoms with Crippen molar-refractivity contribution in [1.82, 2.24) is 10.3 Å². The number of hydrogen-bond donors (Lipinski definition) is 1. The normalized spacial score (nSPS) is 22.5. The molecule has 1 fully saturated rings. The fraction of sp³-hybridized carbons (Fsp3) is 0.568. The molecule has 8 nitrogen and oxygen atoms in total. The maximum absolute atomic E-state index is 14.1. The van der Waals surface area contributed by atoms with Crippen LogP contribution in [0.3, 0.4) is 0 Å². The van der Waals surface area contributed by atoms with Gasteiger partial charge in [-0.15, -0.1) is 0 Å². The van der Waals surface area contributed by atoms with E-state index in [2.05, 4.69) is 17.5 Å². The predicted molar refractivity (Wildman–Crippen MR) is 178 cm³/mol. The topological polar surface area (TPSA) is 81.6 Å². The van der Waals surface area contributed by atoms with Crippen LogP contribution in [0.4, 0.5) is 4.39 Å². The highest BCUT2D eigenvalue weighted by molar-refractivity contribution is 6.07. The van der Waals surface area contributed by atoms with Crippen molar-refractivity contribution in [3.63, 3.8) is 0 Å². The summed E-state index contributed by atoms with van der Waals surface area (Å²) in [6.45, 7) is 2.52. The molecular formula is C37H50FN3O5. The smallest absolute Gasteiger partial charge is 0.246 e. The molecule has 0 radical (unpaired) electrons. The fourth-order valence-electron chi connectivity index (χ4n) is 6.93. The Morgan fingerprint density at radius 2 is 1.65 bits per heavy atom. The summed E-state index contributed by atoms with van der Waals surface area (Å²) in [6.07, 6.45) is 15.2. The lowest BCUT2D eigenvalue weighted by Gasteiger charge is -2.37. The van der Waals surface area contributed by atoms with E-state index < -0.39 is 0 Å². The fourth-order valence-corrected chi connectivity index (χ4v) is 6.93. The van der Waals surface area contributed by atoms with Crippen LogP contribution < -0.4 is 19.5 Å². The SMILES string of the molecule is COc1ccc(F)c(CCCC2CCC(CCNCCCCCN3N=C(c4ccc(OC)c(OC)c4)[C@H]4CC=CC[C@H]4C3=O)O2)c1. The van der Waals surface area contributed by atoms with Gasteiger partial charge in [0.15, 0.2) is 11.5 Å². The Hall–Kier alpha value is -3.43. The quantitative estimate of drug-likeness (QED) is 0.154. The maximum Gasteiger partial charge on any atom is 0.246 e. The van der Waals surface area contributed by atoms with E-state index in [0.29, 0.717) is 41.9 Å².